The Balaban J connectivity index is 1.20. The normalized spacial score (nSPS) is 14.7. The fraction of sp³-hybridized carbons (Fsp3) is 0.391. The SMILES string of the molecule is CCOc1cccc2sc(N3CCN(CCNC(=O)CSc4ccccc4)CC3)nc12. The first-order chi connectivity index (χ1) is 15.2. The molecule has 3 aromatic rings. The molecule has 0 atom stereocenters. The number of piperazine rings is 1. The van der Waals surface area contributed by atoms with Crippen molar-refractivity contribution >= 4 is 44.4 Å². The lowest BCUT2D eigenvalue weighted by molar-refractivity contribution is -0.118. The number of thioether (sulfide) groups is 1. The number of hydrogen-bond acceptors (Lipinski definition) is 7. The number of carbonyl (C=O) groups is 1. The summed E-state index contributed by atoms with van der Waals surface area (Å²) in [6.45, 7) is 8.05. The minimum absolute atomic E-state index is 0.0899. The Morgan fingerprint density at radius 3 is 2.71 bits per heavy atom. The van der Waals surface area contributed by atoms with E-state index in [1.807, 2.05) is 49.4 Å². The van der Waals surface area contributed by atoms with E-state index < -0.39 is 0 Å². The third-order valence-electron chi connectivity index (χ3n) is 5.18. The summed E-state index contributed by atoms with van der Waals surface area (Å²) in [7, 11) is 0. The summed E-state index contributed by atoms with van der Waals surface area (Å²) in [5.41, 5.74) is 0.961. The minimum Gasteiger partial charge on any atom is -0.492 e. The van der Waals surface area contributed by atoms with Crippen LogP contribution >= 0.6 is 23.1 Å². The smallest absolute Gasteiger partial charge is 0.230 e. The third kappa shape index (κ3) is 5.90. The van der Waals surface area contributed by atoms with Gasteiger partial charge in [0.25, 0.3) is 0 Å². The molecule has 1 N–H and O–H groups in total. The number of nitrogens with one attached hydrogen (secondary N) is 1. The Bertz CT molecular complexity index is 988. The van der Waals surface area contributed by atoms with Crippen LogP contribution in [0.5, 0.6) is 5.75 Å². The third-order valence-corrected chi connectivity index (χ3v) is 7.27. The maximum atomic E-state index is 12.1. The molecule has 1 aliphatic heterocycles. The minimum atomic E-state index is 0.0899. The number of para-hydroxylation sites is 1. The van der Waals surface area contributed by atoms with Gasteiger partial charge in [-0.3, -0.25) is 9.69 Å². The molecule has 1 saturated heterocycles. The van der Waals surface area contributed by atoms with E-state index in [4.69, 9.17) is 9.72 Å². The second kappa shape index (κ2) is 10.8. The van der Waals surface area contributed by atoms with Gasteiger partial charge in [0.1, 0.15) is 11.3 Å². The van der Waals surface area contributed by atoms with Crippen LogP contribution in [0.4, 0.5) is 5.13 Å². The maximum absolute atomic E-state index is 12.1. The van der Waals surface area contributed by atoms with Gasteiger partial charge in [-0.05, 0) is 31.2 Å². The first-order valence-electron chi connectivity index (χ1n) is 10.7. The van der Waals surface area contributed by atoms with Gasteiger partial charge in [0.2, 0.25) is 5.91 Å². The van der Waals surface area contributed by atoms with Crippen LogP contribution in [0.3, 0.4) is 0 Å². The molecule has 8 heteroatoms. The molecule has 2 heterocycles. The molecule has 0 unspecified atom stereocenters. The van der Waals surface area contributed by atoms with Crippen LogP contribution in [-0.4, -0.2) is 67.4 Å². The Hall–Kier alpha value is -2.29. The fourth-order valence-electron chi connectivity index (χ4n) is 3.55. The predicted octanol–water partition coefficient (Wildman–Crippen LogP) is 3.73. The molecule has 0 saturated carbocycles. The molecule has 4 rings (SSSR count). The van der Waals surface area contributed by atoms with Crippen molar-refractivity contribution in [2.45, 2.75) is 11.8 Å². The molecule has 0 bridgehead atoms. The zero-order valence-corrected chi connectivity index (χ0v) is 19.4. The van der Waals surface area contributed by atoms with Crippen LogP contribution in [0, 0.1) is 0 Å². The van der Waals surface area contributed by atoms with Crippen LogP contribution in [-0.2, 0) is 4.79 Å². The topological polar surface area (TPSA) is 57.7 Å². The number of thiazole rings is 1. The van der Waals surface area contributed by atoms with Crippen LogP contribution in [0.2, 0.25) is 0 Å². The molecular weight excluding hydrogens is 428 g/mol. The van der Waals surface area contributed by atoms with E-state index in [0.717, 1.165) is 54.0 Å². The van der Waals surface area contributed by atoms with E-state index >= 15 is 0 Å². The van der Waals surface area contributed by atoms with Crippen LogP contribution in [0.1, 0.15) is 6.92 Å². The molecule has 0 aliphatic carbocycles. The van der Waals surface area contributed by atoms with Gasteiger partial charge in [0.05, 0.1) is 17.1 Å². The summed E-state index contributed by atoms with van der Waals surface area (Å²) >= 11 is 3.30. The molecule has 164 valence electrons. The van der Waals surface area contributed by atoms with Crippen LogP contribution < -0.4 is 15.0 Å². The first kappa shape index (κ1) is 21.9. The molecule has 31 heavy (non-hydrogen) atoms. The monoisotopic (exact) mass is 456 g/mol. The van der Waals surface area contributed by atoms with Crippen molar-refractivity contribution < 1.29 is 9.53 Å². The summed E-state index contributed by atoms with van der Waals surface area (Å²) in [4.78, 5) is 22.8. The van der Waals surface area contributed by atoms with Gasteiger partial charge < -0.3 is 15.0 Å². The summed E-state index contributed by atoms with van der Waals surface area (Å²) in [6.07, 6.45) is 0. The maximum Gasteiger partial charge on any atom is 0.230 e. The molecule has 0 radical (unpaired) electrons. The number of rotatable bonds is 9. The zero-order valence-electron chi connectivity index (χ0n) is 17.8. The molecule has 2 aromatic carbocycles. The number of fused-ring (bicyclic) bond motifs is 1. The Labute approximate surface area is 191 Å². The second-order valence-corrected chi connectivity index (χ2v) is 9.37. The molecule has 1 aromatic heterocycles. The van der Waals surface area contributed by atoms with Crippen molar-refractivity contribution in [1.29, 1.82) is 0 Å². The summed E-state index contributed by atoms with van der Waals surface area (Å²) < 4.78 is 6.89. The fourth-order valence-corrected chi connectivity index (χ4v) is 5.34. The van der Waals surface area contributed by atoms with Crippen molar-refractivity contribution in [3.05, 3.63) is 48.5 Å². The van der Waals surface area contributed by atoms with Gasteiger partial charge in [-0.25, -0.2) is 4.98 Å². The van der Waals surface area contributed by atoms with E-state index in [0.29, 0.717) is 18.9 Å². The Morgan fingerprint density at radius 1 is 1.13 bits per heavy atom. The van der Waals surface area contributed by atoms with Crippen LogP contribution in [0.25, 0.3) is 10.2 Å². The molecule has 6 nitrogen and oxygen atoms in total. The highest BCUT2D eigenvalue weighted by Gasteiger charge is 2.20. The molecule has 1 aliphatic rings. The molecule has 1 amide bonds. The standard InChI is InChI=1S/C23H28N4O2S2/c1-2-29-19-9-6-10-20-22(19)25-23(31-20)27-15-13-26(14-16-27)12-11-24-21(28)17-30-18-7-4-3-5-8-18/h3-10H,2,11-17H2,1H3,(H,24,28). The Morgan fingerprint density at radius 2 is 1.94 bits per heavy atom. The molecule has 0 spiro atoms. The van der Waals surface area contributed by atoms with E-state index in [2.05, 4.69) is 21.2 Å². The quantitative estimate of drug-likeness (QED) is 0.495. The highest BCUT2D eigenvalue weighted by atomic mass is 32.2. The van der Waals surface area contributed by atoms with E-state index in [9.17, 15) is 4.79 Å². The summed E-state index contributed by atoms with van der Waals surface area (Å²) in [5, 5.41) is 4.10. The van der Waals surface area contributed by atoms with Gasteiger partial charge >= 0.3 is 0 Å². The molecular formula is C23H28N4O2S2. The van der Waals surface area contributed by atoms with E-state index in [1.165, 1.54) is 4.70 Å². The lowest BCUT2D eigenvalue weighted by Gasteiger charge is -2.34. The molecule has 1 fully saturated rings. The number of anilines is 1. The van der Waals surface area contributed by atoms with Crippen molar-refractivity contribution in [3.8, 4) is 5.75 Å². The number of aromatic nitrogens is 1. The average molecular weight is 457 g/mol. The van der Waals surface area contributed by atoms with Crippen molar-refractivity contribution in [3.63, 3.8) is 0 Å². The van der Waals surface area contributed by atoms with Crippen molar-refractivity contribution in [2.24, 2.45) is 0 Å². The number of nitrogens with zero attached hydrogens (tertiary/aromatic N) is 3. The lowest BCUT2D eigenvalue weighted by atomic mass is 10.3. The average Bonchev–Trinajstić information content (AvgIpc) is 3.24. The zero-order chi connectivity index (χ0) is 21.5. The highest BCUT2D eigenvalue weighted by molar-refractivity contribution is 8.00. The van der Waals surface area contributed by atoms with Crippen LogP contribution in [0.15, 0.2) is 53.4 Å². The van der Waals surface area contributed by atoms with Gasteiger partial charge in [0, 0.05) is 44.2 Å². The second-order valence-electron chi connectivity index (χ2n) is 7.31. The van der Waals surface area contributed by atoms with Crippen molar-refractivity contribution in [1.82, 2.24) is 15.2 Å². The Kier molecular flexibility index (Phi) is 7.66. The van der Waals surface area contributed by atoms with E-state index in [1.54, 1.807) is 23.1 Å². The predicted molar refractivity (Wildman–Crippen MR) is 130 cm³/mol. The van der Waals surface area contributed by atoms with Gasteiger partial charge in [-0.15, -0.1) is 11.8 Å². The number of amides is 1. The lowest BCUT2D eigenvalue weighted by Crippen LogP contribution is -2.48. The first-order valence-corrected chi connectivity index (χ1v) is 12.5. The number of ether oxygens (including phenoxy) is 1. The van der Waals surface area contributed by atoms with Gasteiger partial charge in [-0.2, -0.15) is 0 Å². The summed E-state index contributed by atoms with van der Waals surface area (Å²) in [5.74, 6) is 1.41. The number of hydrogen-bond donors (Lipinski definition) is 1. The summed E-state index contributed by atoms with van der Waals surface area (Å²) in [6, 6.07) is 16.1. The van der Waals surface area contributed by atoms with Gasteiger partial charge in [0.15, 0.2) is 5.13 Å². The number of carbonyl (C=O) groups excluding carboxylic acids is 1. The van der Waals surface area contributed by atoms with Gasteiger partial charge in [-0.1, -0.05) is 35.6 Å². The number of benzene rings is 2. The van der Waals surface area contributed by atoms with Crippen molar-refractivity contribution in [2.75, 3.05) is 56.5 Å². The highest BCUT2D eigenvalue weighted by Crippen LogP contribution is 2.34. The van der Waals surface area contributed by atoms with E-state index in [-0.39, 0.29) is 5.91 Å². The largest absolute Gasteiger partial charge is 0.492 e.